The number of rotatable bonds is 2. The number of likely N-dealkylation sites (tertiary alicyclic amines) is 1. The summed E-state index contributed by atoms with van der Waals surface area (Å²) < 4.78 is 0. The molecule has 2 aliphatic rings. The number of hydrogen-bond acceptors (Lipinski definition) is 4. The topological polar surface area (TPSA) is 53.9 Å². The first-order valence-electron chi connectivity index (χ1n) is 9.02. The Balaban J connectivity index is 1.47. The van der Waals surface area contributed by atoms with Crippen LogP contribution in [0.15, 0.2) is 53.5 Å². The zero-order valence-corrected chi connectivity index (χ0v) is 15.2. The number of piperidine rings is 1. The summed E-state index contributed by atoms with van der Waals surface area (Å²) in [5.74, 6) is 0.860. The second-order valence-corrected chi connectivity index (χ2v) is 7.09. The molecule has 2 heterocycles. The van der Waals surface area contributed by atoms with E-state index in [0.717, 1.165) is 28.1 Å². The van der Waals surface area contributed by atoms with E-state index in [0.29, 0.717) is 25.9 Å². The monoisotopic (exact) mass is 349 g/mol. The Morgan fingerprint density at radius 3 is 2.58 bits per heavy atom. The molecule has 1 fully saturated rings. The van der Waals surface area contributed by atoms with Crippen LogP contribution in [0.4, 0.5) is 0 Å². The fraction of sp³-hybridized carbons (Fsp3) is 0.333. The number of nitrogens with zero attached hydrogens (tertiary/aromatic N) is 2. The highest BCUT2D eigenvalue weighted by Crippen LogP contribution is 2.31. The summed E-state index contributed by atoms with van der Waals surface area (Å²) in [6.45, 7) is 5.27. The Morgan fingerprint density at radius 1 is 1.12 bits per heavy atom. The average Bonchev–Trinajstić information content (AvgIpc) is 3.08. The highest BCUT2D eigenvalue weighted by atomic mass is 16.7. The second kappa shape index (κ2) is 6.57. The lowest BCUT2D eigenvalue weighted by molar-refractivity contribution is -0.0849. The molecule has 2 aliphatic heterocycles. The van der Waals surface area contributed by atoms with Crippen molar-refractivity contribution < 1.29 is 9.63 Å². The molecule has 0 unspecified atom stereocenters. The van der Waals surface area contributed by atoms with Gasteiger partial charge in [-0.3, -0.25) is 4.79 Å². The lowest BCUT2D eigenvalue weighted by Crippen LogP contribution is -2.46. The van der Waals surface area contributed by atoms with Crippen LogP contribution in [0.3, 0.4) is 0 Å². The predicted molar refractivity (Wildman–Crippen MR) is 101 cm³/mol. The lowest BCUT2D eigenvalue weighted by atomic mass is 9.98. The van der Waals surface area contributed by atoms with Gasteiger partial charge in [0.25, 0.3) is 5.91 Å². The third-order valence-electron chi connectivity index (χ3n) is 5.16. The highest BCUT2D eigenvalue weighted by Gasteiger charge is 2.41. The minimum atomic E-state index is -0.566. The summed E-state index contributed by atoms with van der Waals surface area (Å²) in [6, 6.07) is 16.0. The number of benzene rings is 2. The van der Waals surface area contributed by atoms with E-state index in [9.17, 15) is 4.79 Å². The molecule has 4 rings (SSSR count). The van der Waals surface area contributed by atoms with Crippen LogP contribution in [0, 0.1) is 13.8 Å². The highest BCUT2D eigenvalue weighted by molar-refractivity contribution is 5.99. The van der Waals surface area contributed by atoms with Gasteiger partial charge in [0.2, 0.25) is 0 Å². The molecule has 2 aromatic carbocycles. The van der Waals surface area contributed by atoms with E-state index in [4.69, 9.17) is 9.83 Å². The van der Waals surface area contributed by atoms with Gasteiger partial charge in [-0.1, -0.05) is 48.0 Å². The maximum absolute atomic E-state index is 12.9. The standard InChI is InChI=1S/C21H23N3O2/c1-15-8-9-16(2)18(14-15)20(25)24-12-10-21(11-13-24)22-19(23-26-21)17-6-4-3-5-7-17/h3-9,14H,10-13H2,1-2H3,(H,22,23). The van der Waals surface area contributed by atoms with Crippen molar-refractivity contribution in [3.63, 3.8) is 0 Å². The summed E-state index contributed by atoms with van der Waals surface area (Å²) in [5, 5.41) is 0. The van der Waals surface area contributed by atoms with E-state index in [1.807, 2.05) is 67.3 Å². The normalized spacial score (nSPS) is 18.5. The fourth-order valence-corrected chi connectivity index (χ4v) is 3.52. The zero-order valence-electron chi connectivity index (χ0n) is 15.2. The summed E-state index contributed by atoms with van der Waals surface area (Å²) in [6.07, 6.45) is 1.37. The average molecular weight is 349 g/mol. The Kier molecular flexibility index (Phi) is 4.24. The van der Waals surface area contributed by atoms with Crippen LogP contribution in [0.1, 0.15) is 39.9 Å². The number of carbonyl (C=O) groups excluding carboxylic acids is 1. The molecule has 1 spiro atoms. The first kappa shape index (κ1) is 16.8. The zero-order chi connectivity index (χ0) is 18.1. The lowest BCUT2D eigenvalue weighted by Gasteiger charge is -2.35. The molecule has 2 aromatic rings. The van der Waals surface area contributed by atoms with Gasteiger partial charge in [0.1, 0.15) is 0 Å². The van der Waals surface area contributed by atoms with Crippen LogP contribution in [-0.4, -0.2) is 35.5 Å². The van der Waals surface area contributed by atoms with Gasteiger partial charge in [-0.2, -0.15) is 0 Å². The van der Waals surface area contributed by atoms with Crippen LogP contribution in [0.2, 0.25) is 0 Å². The Labute approximate surface area is 153 Å². The number of nitrogens with one attached hydrogen (secondary N) is 1. The number of hydroxylamine groups is 1. The van der Waals surface area contributed by atoms with Gasteiger partial charge in [-0.15, -0.1) is 0 Å². The molecular formula is C21H23N3O2. The number of amides is 1. The van der Waals surface area contributed by atoms with Crippen LogP contribution in [0.5, 0.6) is 0 Å². The van der Waals surface area contributed by atoms with Gasteiger partial charge < -0.3 is 4.90 Å². The minimum Gasteiger partial charge on any atom is -0.338 e. The molecule has 0 radical (unpaired) electrons. The van der Waals surface area contributed by atoms with Crippen molar-refractivity contribution >= 4 is 11.7 Å². The third kappa shape index (κ3) is 3.10. The smallest absolute Gasteiger partial charge is 0.254 e. The Bertz CT molecular complexity index is 853. The number of aryl methyl sites for hydroxylation is 2. The van der Waals surface area contributed by atoms with Crippen molar-refractivity contribution in [2.45, 2.75) is 32.4 Å². The Morgan fingerprint density at radius 2 is 1.85 bits per heavy atom. The molecule has 0 aliphatic carbocycles. The molecule has 0 aromatic heterocycles. The Hall–Kier alpha value is -2.66. The van der Waals surface area contributed by atoms with E-state index in [1.54, 1.807) is 0 Å². The van der Waals surface area contributed by atoms with Crippen molar-refractivity contribution in [3.8, 4) is 0 Å². The van der Waals surface area contributed by atoms with Crippen molar-refractivity contribution in [3.05, 3.63) is 70.8 Å². The molecule has 1 saturated heterocycles. The molecule has 1 N–H and O–H groups in total. The SMILES string of the molecule is Cc1ccc(C)c(C(=O)N2CCC3(CC2)N=C(c2ccccc2)NO3)c1. The van der Waals surface area contributed by atoms with E-state index >= 15 is 0 Å². The first-order chi connectivity index (χ1) is 12.6. The van der Waals surface area contributed by atoms with Crippen molar-refractivity contribution in [1.29, 1.82) is 0 Å². The van der Waals surface area contributed by atoms with E-state index in [1.165, 1.54) is 0 Å². The van der Waals surface area contributed by atoms with Crippen LogP contribution in [-0.2, 0) is 4.84 Å². The molecule has 0 saturated carbocycles. The van der Waals surface area contributed by atoms with Gasteiger partial charge in [0.15, 0.2) is 11.6 Å². The van der Waals surface area contributed by atoms with Crippen LogP contribution in [0.25, 0.3) is 0 Å². The maximum Gasteiger partial charge on any atom is 0.254 e. The molecule has 1 amide bonds. The molecule has 5 nitrogen and oxygen atoms in total. The predicted octanol–water partition coefficient (Wildman–Crippen LogP) is 3.22. The summed E-state index contributed by atoms with van der Waals surface area (Å²) in [4.78, 5) is 25.4. The van der Waals surface area contributed by atoms with Gasteiger partial charge in [-0.05, 0) is 25.5 Å². The fourth-order valence-electron chi connectivity index (χ4n) is 3.52. The second-order valence-electron chi connectivity index (χ2n) is 7.09. The van der Waals surface area contributed by atoms with Gasteiger partial charge in [-0.25, -0.2) is 15.3 Å². The number of amidine groups is 1. The molecule has 0 atom stereocenters. The molecular weight excluding hydrogens is 326 g/mol. The van der Waals surface area contributed by atoms with E-state index < -0.39 is 5.72 Å². The summed E-state index contributed by atoms with van der Waals surface area (Å²) in [5.41, 5.74) is 6.33. The third-order valence-corrected chi connectivity index (χ3v) is 5.16. The quantitative estimate of drug-likeness (QED) is 0.906. The molecule has 134 valence electrons. The molecule has 0 bridgehead atoms. The van der Waals surface area contributed by atoms with Gasteiger partial charge >= 0.3 is 0 Å². The van der Waals surface area contributed by atoms with Crippen LogP contribution >= 0.6 is 0 Å². The van der Waals surface area contributed by atoms with E-state index in [-0.39, 0.29) is 5.91 Å². The van der Waals surface area contributed by atoms with Crippen LogP contribution < -0.4 is 5.48 Å². The van der Waals surface area contributed by atoms with Crippen molar-refractivity contribution in [1.82, 2.24) is 10.4 Å². The largest absolute Gasteiger partial charge is 0.338 e. The maximum atomic E-state index is 12.9. The van der Waals surface area contributed by atoms with Gasteiger partial charge in [0.05, 0.1) is 0 Å². The summed E-state index contributed by atoms with van der Waals surface area (Å²) in [7, 11) is 0. The number of carbonyl (C=O) groups is 1. The van der Waals surface area contributed by atoms with Crippen molar-refractivity contribution in [2.75, 3.05) is 13.1 Å². The van der Waals surface area contributed by atoms with E-state index in [2.05, 4.69) is 5.48 Å². The summed E-state index contributed by atoms with van der Waals surface area (Å²) >= 11 is 0. The molecule has 5 heteroatoms. The first-order valence-corrected chi connectivity index (χ1v) is 9.02. The van der Waals surface area contributed by atoms with Crippen molar-refractivity contribution in [2.24, 2.45) is 4.99 Å². The van der Waals surface area contributed by atoms with Gasteiger partial charge in [0, 0.05) is 37.1 Å². The minimum absolute atomic E-state index is 0.0965. The number of hydrogen-bond donors (Lipinski definition) is 1. The molecule has 26 heavy (non-hydrogen) atoms. The number of aliphatic imine (C=N–C) groups is 1.